The first-order valence-corrected chi connectivity index (χ1v) is 5.43. The zero-order valence-corrected chi connectivity index (χ0v) is 9.02. The first-order valence-electron chi connectivity index (χ1n) is 5.43. The van der Waals surface area contributed by atoms with Crippen molar-refractivity contribution in [1.82, 2.24) is 0 Å². The van der Waals surface area contributed by atoms with Gasteiger partial charge in [-0.15, -0.1) is 0 Å². The average molecular weight is 218 g/mol. The summed E-state index contributed by atoms with van der Waals surface area (Å²) in [4.78, 5) is 11.6. The molecular weight excluding hydrogens is 204 g/mol. The molecule has 2 rings (SSSR count). The Bertz CT molecular complexity index is 328. The summed E-state index contributed by atoms with van der Waals surface area (Å²) in [7, 11) is 0. The van der Waals surface area contributed by atoms with Crippen molar-refractivity contribution in [3.05, 3.63) is 42.3 Å². The van der Waals surface area contributed by atoms with Crippen LogP contribution >= 0.6 is 0 Å². The van der Waals surface area contributed by atoms with Crippen LogP contribution < -0.4 is 0 Å². The van der Waals surface area contributed by atoms with Gasteiger partial charge in [0, 0.05) is 13.0 Å². The number of rotatable bonds is 3. The Morgan fingerprint density at radius 3 is 2.94 bits per heavy atom. The molecule has 3 heteroatoms. The van der Waals surface area contributed by atoms with Gasteiger partial charge in [-0.2, -0.15) is 0 Å². The molecule has 84 valence electrons. The van der Waals surface area contributed by atoms with Gasteiger partial charge in [-0.25, -0.2) is 4.79 Å². The summed E-state index contributed by atoms with van der Waals surface area (Å²) >= 11 is 0. The van der Waals surface area contributed by atoms with Crippen LogP contribution in [0.3, 0.4) is 0 Å². The maximum absolute atomic E-state index is 11.6. The molecule has 0 saturated carbocycles. The first-order chi connectivity index (χ1) is 7.86. The molecule has 1 saturated heterocycles. The number of carbonyl (C=O) groups is 1. The second-order valence-electron chi connectivity index (χ2n) is 3.63. The maximum atomic E-state index is 11.6. The Morgan fingerprint density at radius 1 is 1.44 bits per heavy atom. The number of esters is 1. The second-order valence-corrected chi connectivity index (χ2v) is 3.63. The van der Waals surface area contributed by atoms with Crippen molar-refractivity contribution in [2.45, 2.75) is 18.9 Å². The summed E-state index contributed by atoms with van der Waals surface area (Å²) in [6.45, 7) is 0.980. The molecule has 1 heterocycles. The minimum Gasteiger partial charge on any atom is -0.459 e. The summed E-state index contributed by atoms with van der Waals surface area (Å²) in [5, 5.41) is 0. The first kappa shape index (κ1) is 11.1. The molecule has 0 N–H and O–H groups in total. The standard InChI is InChI=1S/C13H14O3/c14-13(11-6-2-1-3-7-11)16-10-12-8-4-5-9-15-12/h1-3,6-7,12H,4-5,9-10H2. The van der Waals surface area contributed by atoms with E-state index in [0.29, 0.717) is 5.56 Å². The number of hydrogen-bond donors (Lipinski definition) is 0. The minimum atomic E-state index is -0.309. The van der Waals surface area contributed by atoms with Crippen molar-refractivity contribution >= 4 is 5.97 Å². The van der Waals surface area contributed by atoms with E-state index in [-0.39, 0.29) is 18.7 Å². The van der Waals surface area contributed by atoms with Gasteiger partial charge in [-0.1, -0.05) is 18.2 Å². The van der Waals surface area contributed by atoms with Crippen molar-refractivity contribution < 1.29 is 14.3 Å². The Morgan fingerprint density at radius 2 is 2.25 bits per heavy atom. The zero-order valence-electron chi connectivity index (χ0n) is 9.02. The van der Waals surface area contributed by atoms with Gasteiger partial charge in [-0.05, 0) is 25.0 Å². The summed E-state index contributed by atoms with van der Waals surface area (Å²) in [6, 6.07) is 8.95. The molecule has 0 amide bonds. The van der Waals surface area contributed by atoms with Crippen LogP contribution in [-0.4, -0.2) is 25.3 Å². The van der Waals surface area contributed by atoms with E-state index in [0.717, 1.165) is 19.4 Å². The van der Waals surface area contributed by atoms with Gasteiger partial charge in [0.05, 0.1) is 11.7 Å². The lowest BCUT2D eigenvalue weighted by molar-refractivity contribution is -0.00762. The number of benzene rings is 1. The highest BCUT2D eigenvalue weighted by molar-refractivity contribution is 5.89. The smallest absolute Gasteiger partial charge is 0.338 e. The highest BCUT2D eigenvalue weighted by Gasteiger charge is 2.17. The summed E-state index contributed by atoms with van der Waals surface area (Å²) in [5.41, 5.74) is 0.568. The lowest BCUT2D eigenvalue weighted by Gasteiger charge is -2.21. The van der Waals surface area contributed by atoms with Gasteiger partial charge in [-0.3, -0.25) is 0 Å². The Labute approximate surface area is 95.4 Å². The van der Waals surface area contributed by atoms with Crippen molar-refractivity contribution in [1.29, 1.82) is 0 Å². The van der Waals surface area contributed by atoms with Gasteiger partial charge < -0.3 is 9.47 Å². The predicted molar refractivity (Wildman–Crippen MR) is 58.9 cm³/mol. The fourth-order valence-corrected chi connectivity index (χ4v) is 1.54. The molecule has 1 fully saturated rings. The lowest BCUT2D eigenvalue weighted by Crippen LogP contribution is -2.26. The molecule has 3 nitrogen and oxygen atoms in total. The SMILES string of the molecule is O=C(OCC1[C]CCCO1)c1ccccc1. The molecule has 1 aliphatic rings. The average Bonchev–Trinajstić information content (AvgIpc) is 2.38. The van der Waals surface area contributed by atoms with Crippen LogP contribution in [0, 0.1) is 6.42 Å². The molecule has 0 aromatic heterocycles. The van der Waals surface area contributed by atoms with E-state index >= 15 is 0 Å². The molecule has 0 bridgehead atoms. The molecule has 0 aliphatic carbocycles. The van der Waals surface area contributed by atoms with E-state index in [1.165, 1.54) is 0 Å². The van der Waals surface area contributed by atoms with Crippen LogP contribution in [0.4, 0.5) is 0 Å². The van der Waals surface area contributed by atoms with Gasteiger partial charge in [0.1, 0.15) is 6.61 Å². The van der Waals surface area contributed by atoms with E-state index in [4.69, 9.17) is 9.47 Å². The Kier molecular flexibility index (Phi) is 3.94. The normalized spacial score (nSPS) is 20.4. The van der Waals surface area contributed by atoms with Crippen molar-refractivity contribution in [3.63, 3.8) is 0 Å². The van der Waals surface area contributed by atoms with Crippen LogP contribution in [0.2, 0.25) is 0 Å². The van der Waals surface area contributed by atoms with Crippen LogP contribution in [0.25, 0.3) is 0 Å². The van der Waals surface area contributed by atoms with Gasteiger partial charge in [0.25, 0.3) is 0 Å². The van der Waals surface area contributed by atoms with E-state index < -0.39 is 0 Å². The third-order valence-electron chi connectivity index (χ3n) is 2.39. The van der Waals surface area contributed by atoms with E-state index in [2.05, 4.69) is 6.42 Å². The number of hydrogen-bond acceptors (Lipinski definition) is 3. The van der Waals surface area contributed by atoms with Crippen LogP contribution in [-0.2, 0) is 9.47 Å². The molecule has 16 heavy (non-hydrogen) atoms. The van der Waals surface area contributed by atoms with Crippen LogP contribution in [0.1, 0.15) is 23.2 Å². The van der Waals surface area contributed by atoms with Crippen molar-refractivity contribution in [2.24, 2.45) is 0 Å². The largest absolute Gasteiger partial charge is 0.459 e. The molecule has 1 unspecified atom stereocenters. The topological polar surface area (TPSA) is 35.5 Å². The fraction of sp³-hybridized carbons (Fsp3) is 0.385. The fourth-order valence-electron chi connectivity index (χ4n) is 1.54. The highest BCUT2D eigenvalue weighted by atomic mass is 16.6. The lowest BCUT2D eigenvalue weighted by atomic mass is 10.1. The van der Waals surface area contributed by atoms with Crippen molar-refractivity contribution in [3.8, 4) is 0 Å². The maximum Gasteiger partial charge on any atom is 0.338 e. The molecule has 1 aromatic carbocycles. The summed E-state index contributed by atoms with van der Waals surface area (Å²) in [5.74, 6) is -0.309. The van der Waals surface area contributed by atoms with E-state index in [1.54, 1.807) is 12.1 Å². The summed E-state index contributed by atoms with van der Waals surface area (Å²) < 4.78 is 10.5. The monoisotopic (exact) mass is 218 g/mol. The van der Waals surface area contributed by atoms with Gasteiger partial charge in [0.2, 0.25) is 0 Å². The minimum absolute atomic E-state index is 0.165. The van der Waals surface area contributed by atoms with E-state index in [9.17, 15) is 4.79 Å². The highest BCUT2D eigenvalue weighted by Crippen LogP contribution is 2.12. The molecular formula is C13H14O3. The van der Waals surface area contributed by atoms with Crippen molar-refractivity contribution in [2.75, 3.05) is 13.2 Å². The van der Waals surface area contributed by atoms with Gasteiger partial charge in [0.15, 0.2) is 0 Å². The Hall–Kier alpha value is -1.35. The number of ether oxygens (including phenoxy) is 2. The third kappa shape index (κ3) is 3.07. The van der Waals surface area contributed by atoms with Crippen LogP contribution in [0.15, 0.2) is 30.3 Å². The molecule has 1 aromatic rings. The molecule has 1 atom stereocenters. The van der Waals surface area contributed by atoms with Gasteiger partial charge >= 0.3 is 5.97 Å². The molecule has 2 radical (unpaired) electrons. The zero-order chi connectivity index (χ0) is 11.2. The second kappa shape index (κ2) is 5.66. The third-order valence-corrected chi connectivity index (χ3v) is 2.39. The predicted octanol–water partition coefficient (Wildman–Crippen LogP) is 2.10. The van der Waals surface area contributed by atoms with Crippen LogP contribution in [0.5, 0.6) is 0 Å². The molecule has 1 aliphatic heterocycles. The Balaban J connectivity index is 1.79. The van der Waals surface area contributed by atoms with E-state index in [1.807, 2.05) is 18.2 Å². The quantitative estimate of drug-likeness (QED) is 0.729. The number of carbonyl (C=O) groups excluding carboxylic acids is 1. The molecule has 0 spiro atoms. The summed E-state index contributed by atoms with van der Waals surface area (Å²) in [6.07, 6.45) is 4.87.